The topological polar surface area (TPSA) is 71.4 Å². The normalized spacial score (nSPS) is 17.4. The second kappa shape index (κ2) is 8.96. The zero-order valence-electron chi connectivity index (χ0n) is 16.7. The first kappa shape index (κ1) is 21.8. The number of halogens is 4. The van der Waals surface area contributed by atoms with E-state index in [1.165, 1.54) is 11.0 Å². The van der Waals surface area contributed by atoms with Crippen molar-refractivity contribution in [2.45, 2.75) is 44.8 Å². The minimum atomic E-state index is -4.52. The number of piperidine rings is 1. The summed E-state index contributed by atoms with van der Waals surface area (Å²) in [4.78, 5) is 14.0. The summed E-state index contributed by atoms with van der Waals surface area (Å²) in [5.41, 5.74) is 0.187. The average molecular weight is 458 g/mol. The highest BCUT2D eigenvalue weighted by Crippen LogP contribution is 2.32. The fourth-order valence-corrected chi connectivity index (χ4v) is 4.06. The molecule has 0 radical (unpaired) electrons. The smallest absolute Gasteiger partial charge is 0.416 e. The molecule has 168 valence electrons. The molecule has 2 aliphatic heterocycles. The van der Waals surface area contributed by atoms with Crippen LogP contribution in [0.15, 0.2) is 24.3 Å². The molecular weight excluding hydrogens is 435 g/mol. The molecule has 2 N–H and O–H groups in total. The highest BCUT2D eigenvalue weighted by Gasteiger charge is 2.31. The number of fused-ring (bicyclic) bond motifs is 1. The van der Waals surface area contributed by atoms with Crippen LogP contribution in [-0.2, 0) is 30.6 Å². The Labute approximate surface area is 182 Å². The molecule has 0 saturated carbocycles. The molecule has 31 heavy (non-hydrogen) atoms. The number of nitrogens with one attached hydrogen (secondary N) is 2. The van der Waals surface area contributed by atoms with Gasteiger partial charge in [0.05, 0.1) is 24.3 Å². The van der Waals surface area contributed by atoms with Crippen LogP contribution in [-0.4, -0.2) is 46.4 Å². The van der Waals surface area contributed by atoms with Crippen molar-refractivity contribution in [3.8, 4) is 0 Å². The molecule has 1 fully saturated rings. The van der Waals surface area contributed by atoms with Crippen molar-refractivity contribution in [3.63, 3.8) is 0 Å². The van der Waals surface area contributed by atoms with Gasteiger partial charge in [-0.3, -0.25) is 4.68 Å². The maximum Gasteiger partial charge on any atom is 0.416 e. The quantitative estimate of drug-likeness (QED) is 0.729. The summed E-state index contributed by atoms with van der Waals surface area (Å²) in [5.74, 6) is 0.788. The van der Waals surface area contributed by atoms with Crippen LogP contribution < -0.4 is 10.6 Å². The van der Waals surface area contributed by atoms with Gasteiger partial charge in [0.1, 0.15) is 12.4 Å². The van der Waals surface area contributed by atoms with Gasteiger partial charge < -0.3 is 20.3 Å². The summed E-state index contributed by atoms with van der Waals surface area (Å²) in [6, 6.07) is 5.43. The molecule has 0 bridgehead atoms. The van der Waals surface area contributed by atoms with E-state index in [4.69, 9.17) is 16.3 Å². The number of anilines is 1. The molecular formula is C20H23ClF3N5O2. The number of hydrogen-bond acceptors (Lipinski definition) is 5. The van der Waals surface area contributed by atoms with Crippen LogP contribution in [0, 0.1) is 0 Å². The molecule has 0 unspecified atom stereocenters. The Balaban J connectivity index is 1.34. The Morgan fingerprint density at radius 1 is 1.23 bits per heavy atom. The maximum atomic E-state index is 12.9. The number of rotatable bonds is 4. The molecule has 0 aliphatic carbocycles. The van der Waals surface area contributed by atoms with E-state index in [1.54, 1.807) is 0 Å². The van der Waals surface area contributed by atoms with Gasteiger partial charge in [0, 0.05) is 23.7 Å². The lowest BCUT2D eigenvalue weighted by Gasteiger charge is -2.26. The Morgan fingerprint density at radius 2 is 2.00 bits per heavy atom. The van der Waals surface area contributed by atoms with Crippen LogP contribution in [0.3, 0.4) is 0 Å². The van der Waals surface area contributed by atoms with Gasteiger partial charge in [-0.05, 0) is 49.7 Å². The van der Waals surface area contributed by atoms with E-state index in [-0.39, 0.29) is 17.2 Å². The van der Waals surface area contributed by atoms with Gasteiger partial charge in [-0.25, -0.2) is 4.79 Å². The third-order valence-corrected chi connectivity index (χ3v) is 5.61. The van der Waals surface area contributed by atoms with E-state index < -0.39 is 17.8 Å². The molecule has 4 rings (SSSR count). The number of aromatic nitrogens is 2. The summed E-state index contributed by atoms with van der Waals surface area (Å²) >= 11 is 5.78. The Kier molecular flexibility index (Phi) is 6.29. The Hall–Kier alpha value is -2.46. The molecule has 0 spiro atoms. The number of nitrogens with zero attached hydrogens (tertiary/aromatic N) is 3. The first-order chi connectivity index (χ1) is 14.8. The van der Waals surface area contributed by atoms with Gasteiger partial charge in [-0.2, -0.15) is 18.3 Å². The summed E-state index contributed by atoms with van der Waals surface area (Å²) in [5, 5.41) is 11.3. The lowest BCUT2D eigenvalue weighted by molar-refractivity contribution is -0.137. The van der Waals surface area contributed by atoms with Crippen molar-refractivity contribution in [1.82, 2.24) is 20.0 Å². The van der Waals surface area contributed by atoms with Crippen LogP contribution in [0.2, 0.25) is 5.02 Å². The zero-order chi connectivity index (χ0) is 22.0. The predicted molar refractivity (Wildman–Crippen MR) is 109 cm³/mol. The van der Waals surface area contributed by atoms with Gasteiger partial charge in [0.15, 0.2) is 0 Å². The Morgan fingerprint density at radius 3 is 2.74 bits per heavy atom. The fraction of sp³-hybridized carbons (Fsp3) is 0.500. The summed E-state index contributed by atoms with van der Waals surface area (Å²) < 4.78 is 45.9. The molecule has 1 aromatic heterocycles. The third-order valence-electron chi connectivity index (χ3n) is 5.39. The third kappa shape index (κ3) is 5.43. The minimum absolute atomic E-state index is 0.0588. The zero-order valence-corrected chi connectivity index (χ0v) is 17.5. The van der Waals surface area contributed by atoms with Crippen molar-refractivity contribution in [1.29, 1.82) is 0 Å². The van der Waals surface area contributed by atoms with E-state index in [0.29, 0.717) is 25.7 Å². The number of ether oxygens (including phenoxy) is 1. The summed E-state index contributed by atoms with van der Waals surface area (Å²) in [6.45, 7) is 2.91. The first-order valence-electron chi connectivity index (χ1n) is 10.1. The number of amides is 1. The van der Waals surface area contributed by atoms with E-state index >= 15 is 0 Å². The van der Waals surface area contributed by atoms with Gasteiger partial charge in [0.2, 0.25) is 0 Å². The minimum Gasteiger partial charge on any atom is -0.445 e. The summed E-state index contributed by atoms with van der Waals surface area (Å²) in [7, 11) is 0. The van der Waals surface area contributed by atoms with E-state index in [2.05, 4.69) is 15.7 Å². The van der Waals surface area contributed by atoms with Gasteiger partial charge >= 0.3 is 12.3 Å². The van der Waals surface area contributed by atoms with Crippen LogP contribution >= 0.6 is 11.6 Å². The van der Waals surface area contributed by atoms with Crippen molar-refractivity contribution in [2.24, 2.45) is 0 Å². The highest BCUT2D eigenvalue weighted by molar-refractivity contribution is 6.30. The van der Waals surface area contributed by atoms with E-state index in [1.807, 2.05) is 10.7 Å². The molecule has 2 aliphatic rings. The van der Waals surface area contributed by atoms with Crippen molar-refractivity contribution < 1.29 is 22.7 Å². The number of alkyl halides is 3. The van der Waals surface area contributed by atoms with Crippen LogP contribution in [0.25, 0.3) is 0 Å². The number of hydrogen-bond donors (Lipinski definition) is 2. The molecule has 1 saturated heterocycles. The van der Waals surface area contributed by atoms with Crippen molar-refractivity contribution in [3.05, 3.63) is 46.1 Å². The van der Waals surface area contributed by atoms with Crippen molar-refractivity contribution >= 4 is 23.5 Å². The molecule has 11 heteroatoms. The van der Waals surface area contributed by atoms with E-state index in [0.717, 1.165) is 49.6 Å². The van der Waals surface area contributed by atoms with Gasteiger partial charge in [0.25, 0.3) is 0 Å². The number of carbonyl (C=O) groups is 1. The molecule has 7 nitrogen and oxygen atoms in total. The standard InChI is InChI=1S/C20H23ClF3N5O2/c21-15-8-13(7-14(9-15)20(22,23)24)12-31-19(30)28-5-6-29-17(11-28)10-18(27-29)26-16-1-3-25-4-2-16/h7-10,16,25H,1-6,11-12H2,(H,26,27). The molecule has 1 amide bonds. The fourth-order valence-electron chi connectivity index (χ4n) is 3.80. The van der Waals surface area contributed by atoms with Crippen LogP contribution in [0.1, 0.15) is 29.7 Å². The lowest BCUT2D eigenvalue weighted by atomic mass is 10.1. The largest absolute Gasteiger partial charge is 0.445 e. The number of carbonyl (C=O) groups excluding carboxylic acids is 1. The first-order valence-corrected chi connectivity index (χ1v) is 10.5. The van der Waals surface area contributed by atoms with Crippen LogP contribution in [0.4, 0.5) is 23.8 Å². The molecule has 1 aromatic carbocycles. The SMILES string of the molecule is O=C(OCc1cc(Cl)cc(C(F)(F)F)c1)N1CCn2nc(NC3CCNCC3)cc2C1. The second-order valence-electron chi connectivity index (χ2n) is 7.73. The Bertz CT molecular complexity index is 943. The van der Waals surface area contributed by atoms with Crippen molar-refractivity contribution in [2.75, 3.05) is 25.0 Å². The molecule has 3 heterocycles. The highest BCUT2D eigenvalue weighted by atomic mass is 35.5. The lowest BCUT2D eigenvalue weighted by Crippen LogP contribution is -2.38. The summed E-state index contributed by atoms with van der Waals surface area (Å²) in [6.07, 6.45) is -3.05. The molecule has 2 aromatic rings. The van der Waals surface area contributed by atoms with Gasteiger partial charge in [-0.15, -0.1) is 0 Å². The predicted octanol–water partition coefficient (Wildman–Crippen LogP) is 3.87. The second-order valence-corrected chi connectivity index (χ2v) is 8.17. The van der Waals surface area contributed by atoms with E-state index in [9.17, 15) is 18.0 Å². The number of benzene rings is 1. The molecule has 0 atom stereocenters. The van der Waals surface area contributed by atoms with Crippen LogP contribution in [0.5, 0.6) is 0 Å². The average Bonchev–Trinajstić information content (AvgIpc) is 3.13. The van der Waals surface area contributed by atoms with Gasteiger partial charge in [-0.1, -0.05) is 11.6 Å². The maximum absolute atomic E-state index is 12.9. The monoisotopic (exact) mass is 457 g/mol.